The number of likely N-dealkylation sites (N-methyl/N-ethyl adjacent to an activating group) is 1. The van der Waals surface area contributed by atoms with Crippen molar-refractivity contribution < 1.29 is 4.39 Å². The van der Waals surface area contributed by atoms with Crippen LogP contribution in [0.15, 0.2) is 18.2 Å². The number of rotatable bonds is 6. The normalized spacial score (nSPS) is 13.3. The average molecular weight is 298 g/mol. The van der Waals surface area contributed by atoms with Gasteiger partial charge in [-0.3, -0.25) is 0 Å². The molecule has 0 fully saturated rings. The van der Waals surface area contributed by atoms with E-state index in [1.54, 1.807) is 6.07 Å². The third-order valence-corrected chi connectivity index (χ3v) is 3.83. The maximum Gasteiger partial charge on any atom is 0.127 e. The molecule has 1 aromatic heterocycles. The Morgan fingerprint density at radius 1 is 1.35 bits per heavy atom. The Hall–Kier alpha value is -1.13. The van der Waals surface area contributed by atoms with Crippen molar-refractivity contribution in [1.29, 1.82) is 0 Å². The molecule has 1 unspecified atom stereocenters. The maximum absolute atomic E-state index is 13.5. The van der Waals surface area contributed by atoms with Crippen molar-refractivity contribution in [1.82, 2.24) is 14.5 Å². The summed E-state index contributed by atoms with van der Waals surface area (Å²) in [4.78, 5) is 6.86. The van der Waals surface area contributed by atoms with E-state index < -0.39 is 0 Å². The van der Waals surface area contributed by atoms with Crippen molar-refractivity contribution >= 4 is 22.6 Å². The van der Waals surface area contributed by atoms with Gasteiger partial charge >= 0.3 is 0 Å². The van der Waals surface area contributed by atoms with Gasteiger partial charge in [0.05, 0.1) is 16.4 Å². The molecule has 20 heavy (non-hydrogen) atoms. The van der Waals surface area contributed by atoms with Crippen molar-refractivity contribution in [2.45, 2.75) is 32.7 Å². The van der Waals surface area contributed by atoms with E-state index in [2.05, 4.69) is 23.7 Å². The van der Waals surface area contributed by atoms with E-state index in [9.17, 15) is 4.39 Å². The van der Waals surface area contributed by atoms with E-state index in [-0.39, 0.29) is 11.2 Å². The molecule has 0 aliphatic heterocycles. The Morgan fingerprint density at radius 2 is 2.05 bits per heavy atom. The molecule has 0 aliphatic rings. The lowest BCUT2D eigenvalue weighted by atomic mass is 10.3. The molecule has 5 heteroatoms. The highest BCUT2D eigenvalue weighted by molar-refractivity contribution is 6.20. The maximum atomic E-state index is 13.5. The van der Waals surface area contributed by atoms with Gasteiger partial charge < -0.3 is 9.47 Å². The highest BCUT2D eigenvalue weighted by Crippen LogP contribution is 2.25. The molecule has 0 radical (unpaired) electrons. The van der Waals surface area contributed by atoms with E-state index in [1.807, 2.05) is 11.5 Å². The van der Waals surface area contributed by atoms with E-state index in [1.165, 1.54) is 12.1 Å². The van der Waals surface area contributed by atoms with Gasteiger partial charge in [-0.15, -0.1) is 11.6 Å². The molecule has 1 heterocycles. The van der Waals surface area contributed by atoms with Crippen molar-refractivity contribution in [3.63, 3.8) is 0 Å². The molecule has 1 atom stereocenters. The standard InChI is InChI=1S/C15H21ClFN3/c1-4-19(5-2)8-9-20-14-10-12(17)6-7-13(14)18-15(20)11(3)16/h6-7,10-11H,4-5,8-9H2,1-3H3. The number of halogens is 2. The smallest absolute Gasteiger partial charge is 0.127 e. The minimum atomic E-state index is -0.240. The van der Waals surface area contributed by atoms with Crippen LogP contribution in [0.5, 0.6) is 0 Å². The highest BCUT2D eigenvalue weighted by atomic mass is 35.5. The van der Waals surface area contributed by atoms with E-state index in [0.29, 0.717) is 0 Å². The summed E-state index contributed by atoms with van der Waals surface area (Å²) in [6.45, 7) is 9.86. The van der Waals surface area contributed by atoms with Gasteiger partial charge in [-0.25, -0.2) is 9.37 Å². The summed E-state index contributed by atoms with van der Waals surface area (Å²) in [7, 11) is 0. The van der Waals surface area contributed by atoms with Gasteiger partial charge in [0.2, 0.25) is 0 Å². The molecule has 0 N–H and O–H groups in total. The minimum absolute atomic E-state index is 0.192. The molecule has 110 valence electrons. The van der Waals surface area contributed by atoms with Gasteiger partial charge in [0.15, 0.2) is 0 Å². The zero-order chi connectivity index (χ0) is 14.7. The highest BCUT2D eigenvalue weighted by Gasteiger charge is 2.15. The van der Waals surface area contributed by atoms with Crippen molar-refractivity contribution in [3.8, 4) is 0 Å². The summed E-state index contributed by atoms with van der Waals surface area (Å²) in [6.07, 6.45) is 0. The van der Waals surface area contributed by atoms with Crippen LogP contribution in [-0.4, -0.2) is 34.1 Å². The van der Waals surface area contributed by atoms with Crippen molar-refractivity contribution in [3.05, 3.63) is 29.8 Å². The van der Waals surface area contributed by atoms with Gasteiger partial charge in [-0.1, -0.05) is 13.8 Å². The molecule has 2 rings (SSSR count). The van der Waals surface area contributed by atoms with E-state index >= 15 is 0 Å². The van der Waals surface area contributed by atoms with Crippen LogP contribution in [0.4, 0.5) is 4.39 Å². The monoisotopic (exact) mass is 297 g/mol. The Morgan fingerprint density at radius 3 is 2.65 bits per heavy atom. The number of hydrogen-bond donors (Lipinski definition) is 0. The quantitative estimate of drug-likeness (QED) is 0.756. The molecule has 0 bridgehead atoms. The van der Waals surface area contributed by atoms with Crippen LogP contribution >= 0.6 is 11.6 Å². The van der Waals surface area contributed by atoms with Crippen LogP contribution in [-0.2, 0) is 6.54 Å². The molecule has 0 spiro atoms. The molecule has 0 saturated heterocycles. The summed E-state index contributed by atoms with van der Waals surface area (Å²) < 4.78 is 15.5. The van der Waals surface area contributed by atoms with Crippen LogP contribution in [0.25, 0.3) is 11.0 Å². The third-order valence-electron chi connectivity index (χ3n) is 3.63. The zero-order valence-electron chi connectivity index (χ0n) is 12.2. The Bertz CT molecular complexity index is 576. The summed E-state index contributed by atoms with van der Waals surface area (Å²) in [5.41, 5.74) is 1.62. The fourth-order valence-corrected chi connectivity index (χ4v) is 2.60. The largest absolute Gasteiger partial charge is 0.325 e. The minimum Gasteiger partial charge on any atom is -0.325 e. The van der Waals surface area contributed by atoms with Crippen molar-refractivity contribution in [2.24, 2.45) is 0 Å². The number of nitrogens with zero attached hydrogens (tertiary/aromatic N) is 3. The van der Waals surface area contributed by atoms with Gasteiger partial charge in [0.1, 0.15) is 11.6 Å². The Labute approximate surface area is 124 Å². The first-order valence-electron chi connectivity index (χ1n) is 7.08. The second-order valence-corrected chi connectivity index (χ2v) is 5.55. The number of hydrogen-bond acceptors (Lipinski definition) is 2. The zero-order valence-corrected chi connectivity index (χ0v) is 13.0. The second kappa shape index (κ2) is 6.55. The molecule has 0 aliphatic carbocycles. The van der Waals surface area contributed by atoms with Crippen LogP contribution in [0.1, 0.15) is 32.0 Å². The van der Waals surface area contributed by atoms with E-state index in [0.717, 1.165) is 43.0 Å². The lowest BCUT2D eigenvalue weighted by Crippen LogP contribution is -2.27. The number of benzene rings is 1. The SMILES string of the molecule is CCN(CC)CCn1c(C(C)Cl)nc2ccc(F)cc21. The summed E-state index contributed by atoms with van der Waals surface area (Å²) in [5, 5.41) is -0.192. The lowest BCUT2D eigenvalue weighted by Gasteiger charge is -2.19. The first-order chi connectivity index (χ1) is 9.56. The molecule has 0 saturated carbocycles. The summed E-state index contributed by atoms with van der Waals surface area (Å²) in [6, 6.07) is 4.68. The van der Waals surface area contributed by atoms with Gasteiger partial charge in [-0.2, -0.15) is 0 Å². The molecule has 0 amide bonds. The van der Waals surface area contributed by atoms with Crippen LogP contribution in [0.2, 0.25) is 0 Å². The number of aromatic nitrogens is 2. The van der Waals surface area contributed by atoms with Gasteiger partial charge in [-0.05, 0) is 38.2 Å². The fraction of sp³-hybridized carbons (Fsp3) is 0.533. The van der Waals surface area contributed by atoms with Crippen LogP contribution in [0.3, 0.4) is 0 Å². The van der Waals surface area contributed by atoms with Crippen LogP contribution < -0.4 is 0 Å². The third kappa shape index (κ3) is 3.13. The van der Waals surface area contributed by atoms with Gasteiger partial charge in [0, 0.05) is 13.1 Å². The number of imidazole rings is 1. The predicted octanol–water partition coefficient (Wildman–Crippen LogP) is 3.82. The number of alkyl halides is 1. The average Bonchev–Trinajstić information content (AvgIpc) is 2.78. The molecule has 1 aromatic carbocycles. The second-order valence-electron chi connectivity index (χ2n) is 4.90. The molecule has 3 nitrogen and oxygen atoms in total. The van der Waals surface area contributed by atoms with Crippen molar-refractivity contribution in [2.75, 3.05) is 19.6 Å². The molecule has 2 aromatic rings. The Kier molecular flexibility index (Phi) is 5.00. The number of fused-ring (bicyclic) bond motifs is 1. The summed E-state index contributed by atoms with van der Waals surface area (Å²) >= 11 is 6.21. The fourth-order valence-electron chi connectivity index (χ4n) is 2.43. The Balaban J connectivity index is 2.37. The predicted molar refractivity (Wildman–Crippen MR) is 81.7 cm³/mol. The topological polar surface area (TPSA) is 21.1 Å². The van der Waals surface area contributed by atoms with Crippen LogP contribution in [0, 0.1) is 5.82 Å². The first-order valence-corrected chi connectivity index (χ1v) is 7.52. The molecular formula is C15H21ClFN3. The molecular weight excluding hydrogens is 277 g/mol. The van der Waals surface area contributed by atoms with Gasteiger partial charge in [0.25, 0.3) is 0 Å². The summed E-state index contributed by atoms with van der Waals surface area (Å²) in [5.74, 6) is 0.565. The van der Waals surface area contributed by atoms with E-state index in [4.69, 9.17) is 11.6 Å². The first kappa shape index (κ1) is 15.3. The lowest BCUT2D eigenvalue weighted by molar-refractivity contribution is 0.290.